The largest absolute Gasteiger partial charge is 0.382 e. The van der Waals surface area contributed by atoms with Crippen molar-refractivity contribution in [2.45, 2.75) is 65.4 Å². The summed E-state index contributed by atoms with van der Waals surface area (Å²) in [4.78, 5) is 0. The van der Waals surface area contributed by atoms with Gasteiger partial charge in [0, 0.05) is 7.11 Å². The van der Waals surface area contributed by atoms with Crippen LogP contribution in [0.1, 0.15) is 64.9 Å². The summed E-state index contributed by atoms with van der Waals surface area (Å²) >= 11 is 0. The van der Waals surface area contributed by atoms with Crippen molar-refractivity contribution in [3.63, 3.8) is 0 Å². The lowest BCUT2D eigenvalue weighted by Gasteiger charge is -2.54. The summed E-state index contributed by atoms with van der Waals surface area (Å²) in [6, 6.07) is 11.1. The van der Waals surface area contributed by atoms with Crippen LogP contribution in [0.4, 0.5) is 0 Å². The first-order chi connectivity index (χ1) is 13.0. The molecule has 0 bridgehead atoms. The van der Waals surface area contributed by atoms with Crippen LogP contribution in [0.3, 0.4) is 0 Å². The maximum Gasteiger partial charge on any atom is 0.0543 e. The molecule has 0 aromatic heterocycles. The van der Waals surface area contributed by atoms with E-state index in [-0.39, 0.29) is 0 Å². The van der Waals surface area contributed by atoms with Gasteiger partial charge in [-0.25, -0.2) is 0 Å². The molecular weight excluding hydrogens is 328 g/mol. The van der Waals surface area contributed by atoms with E-state index < -0.39 is 0 Å². The molecule has 0 radical (unpaired) electrons. The summed E-state index contributed by atoms with van der Waals surface area (Å²) in [6.45, 7) is 7.28. The van der Waals surface area contributed by atoms with Gasteiger partial charge in [0.15, 0.2) is 0 Å². The number of hydrogen-bond acceptors (Lipinski definition) is 1. The molecule has 3 aliphatic rings. The third-order valence-corrected chi connectivity index (χ3v) is 8.35. The molecule has 27 heavy (non-hydrogen) atoms. The van der Waals surface area contributed by atoms with Crippen molar-refractivity contribution in [2.24, 2.45) is 28.6 Å². The Morgan fingerprint density at radius 1 is 1.11 bits per heavy atom. The molecule has 6 atom stereocenters. The number of benzene rings is 1. The number of rotatable bonds is 5. The monoisotopic (exact) mass is 364 g/mol. The smallest absolute Gasteiger partial charge is 0.0543 e. The minimum Gasteiger partial charge on any atom is -0.382 e. The highest BCUT2D eigenvalue weighted by molar-refractivity contribution is 5.72. The maximum absolute atomic E-state index is 5.54. The van der Waals surface area contributed by atoms with Crippen LogP contribution in [0.15, 0.2) is 48.6 Å². The molecule has 1 saturated carbocycles. The van der Waals surface area contributed by atoms with Crippen LogP contribution in [0.2, 0.25) is 0 Å². The van der Waals surface area contributed by atoms with Crippen molar-refractivity contribution in [1.29, 1.82) is 0 Å². The molecule has 3 aliphatic carbocycles. The quantitative estimate of drug-likeness (QED) is 0.516. The van der Waals surface area contributed by atoms with Crippen LogP contribution in [0, 0.1) is 28.6 Å². The topological polar surface area (TPSA) is 9.23 Å². The average molecular weight is 365 g/mol. The Bertz CT molecular complexity index is 717. The van der Waals surface area contributed by atoms with Crippen LogP contribution in [-0.2, 0) is 4.74 Å². The van der Waals surface area contributed by atoms with E-state index in [1.165, 1.54) is 37.7 Å². The molecule has 1 heteroatoms. The SMILES string of the molecule is CO[C@H](C)CC[C@@]1(C)C=CC[C@@H]2[C@@H]1CC[C@]1(C)C(c3ccccc3)=CC[C@@H]21. The van der Waals surface area contributed by atoms with Gasteiger partial charge in [-0.3, -0.25) is 0 Å². The third kappa shape index (κ3) is 3.23. The van der Waals surface area contributed by atoms with E-state index in [2.05, 4.69) is 69.3 Å². The van der Waals surface area contributed by atoms with E-state index in [1.54, 1.807) is 5.57 Å². The molecule has 1 aromatic carbocycles. The van der Waals surface area contributed by atoms with E-state index >= 15 is 0 Å². The molecule has 0 heterocycles. The van der Waals surface area contributed by atoms with Gasteiger partial charge in [0.1, 0.15) is 0 Å². The fraction of sp³-hybridized carbons (Fsp3) is 0.615. The van der Waals surface area contributed by atoms with Gasteiger partial charge in [-0.2, -0.15) is 0 Å². The van der Waals surface area contributed by atoms with Crippen LogP contribution in [0.5, 0.6) is 0 Å². The van der Waals surface area contributed by atoms with Gasteiger partial charge in [0.2, 0.25) is 0 Å². The lowest BCUT2D eigenvalue weighted by molar-refractivity contribution is -0.00376. The molecule has 1 nitrogen and oxygen atoms in total. The van der Waals surface area contributed by atoms with E-state index in [9.17, 15) is 0 Å². The van der Waals surface area contributed by atoms with Crippen LogP contribution in [0.25, 0.3) is 5.57 Å². The maximum atomic E-state index is 5.54. The first-order valence-electron chi connectivity index (χ1n) is 10.9. The standard InChI is InChI=1S/C26H36O/c1-19(27-4)14-17-25(2)16-8-11-21-23(25)15-18-26(3)22(12-13-24(21)26)20-9-6-5-7-10-20/h5-10,12,16,19,21,23-24H,11,13-15,17-18H2,1-4H3/t19-,21-,23+,24+,25-,26-/m1/s1. The molecule has 0 spiro atoms. The van der Waals surface area contributed by atoms with Gasteiger partial charge in [-0.05, 0) is 85.2 Å². The third-order valence-electron chi connectivity index (χ3n) is 8.35. The summed E-state index contributed by atoms with van der Waals surface area (Å²) in [6.07, 6.45) is 15.7. The molecule has 146 valence electrons. The first kappa shape index (κ1) is 19.0. The highest BCUT2D eigenvalue weighted by Crippen LogP contribution is 2.64. The second-order valence-corrected chi connectivity index (χ2v) is 9.78. The number of hydrogen-bond donors (Lipinski definition) is 0. The fourth-order valence-electron chi connectivity index (χ4n) is 6.59. The second-order valence-electron chi connectivity index (χ2n) is 9.78. The molecule has 0 aliphatic heterocycles. The summed E-state index contributed by atoms with van der Waals surface area (Å²) in [5, 5.41) is 0. The number of fused-ring (bicyclic) bond motifs is 3. The number of ether oxygens (including phenoxy) is 1. The van der Waals surface area contributed by atoms with Crippen molar-refractivity contribution in [3.8, 4) is 0 Å². The molecular formula is C26H36O. The second kappa shape index (κ2) is 7.24. The van der Waals surface area contributed by atoms with E-state index in [0.29, 0.717) is 16.9 Å². The van der Waals surface area contributed by atoms with Gasteiger partial charge >= 0.3 is 0 Å². The van der Waals surface area contributed by atoms with Gasteiger partial charge in [-0.1, -0.05) is 62.4 Å². The Balaban J connectivity index is 1.56. The highest BCUT2D eigenvalue weighted by atomic mass is 16.5. The van der Waals surface area contributed by atoms with Gasteiger partial charge < -0.3 is 4.74 Å². The van der Waals surface area contributed by atoms with E-state index in [4.69, 9.17) is 4.74 Å². The summed E-state index contributed by atoms with van der Waals surface area (Å²) in [5.41, 5.74) is 3.76. The zero-order valence-corrected chi connectivity index (χ0v) is 17.6. The van der Waals surface area contributed by atoms with Gasteiger partial charge in [0.05, 0.1) is 6.10 Å². The van der Waals surface area contributed by atoms with Crippen LogP contribution in [-0.4, -0.2) is 13.2 Å². The zero-order chi connectivity index (χ0) is 19.1. The lowest BCUT2D eigenvalue weighted by atomic mass is 9.50. The van der Waals surface area contributed by atoms with Gasteiger partial charge in [0.25, 0.3) is 0 Å². The van der Waals surface area contributed by atoms with E-state index in [1.807, 2.05) is 7.11 Å². The number of allylic oxidation sites excluding steroid dienone is 4. The predicted octanol–water partition coefficient (Wildman–Crippen LogP) is 6.90. The minimum atomic E-state index is 0.340. The molecule has 0 unspecified atom stereocenters. The first-order valence-corrected chi connectivity index (χ1v) is 10.9. The lowest BCUT2D eigenvalue weighted by Crippen LogP contribution is -2.46. The Hall–Kier alpha value is -1.34. The average Bonchev–Trinajstić information content (AvgIpc) is 3.04. The van der Waals surface area contributed by atoms with Crippen molar-refractivity contribution < 1.29 is 4.74 Å². The molecule has 0 N–H and O–H groups in total. The van der Waals surface area contributed by atoms with Crippen LogP contribution < -0.4 is 0 Å². The minimum absolute atomic E-state index is 0.340. The van der Waals surface area contributed by atoms with Crippen molar-refractivity contribution in [3.05, 3.63) is 54.1 Å². The Morgan fingerprint density at radius 3 is 2.63 bits per heavy atom. The zero-order valence-electron chi connectivity index (χ0n) is 17.6. The fourth-order valence-corrected chi connectivity index (χ4v) is 6.59. The van der Waals surface area contributed by atoms with E-state index in [0.717, 1.165) is 24.2 Å². The Labute approximate surface area is 165 Å². The molecule has 0 amide bonds. The van der Waals surface area contributed by atoms with Crippen LogP contribution >= 0.6 is 0 Å². The van der Waals surface area contributed by atoms with Gasteiger partial charge in [-0.15, -0.1) is 0 Å². The molecule has 1 aromatic rings. The predicted molar refractivity (Wildman–Crippen MR) is 114 cm³/mol. The van der Waals surface area contributed by atoms with Crippen molar-refractivity contribution in [2.75, 3.05) is 7.11 Å². The molecule has 0 saturated heterocycles. The summed E-state index contributed by atoms with van der Waals surface area (Å²) < 4.78 is 5.54. The summed E-state index contributed by atoms with van der Waals surface area (Å²) in [5.74, 6) is 2.46. The molecule has 4 rings (SSSR count). The van der Waals surface area contributed by atoms with Crippen molar-refractivity contribution in [1.82, 2.24) is 0 Å². The Kier molecular flexibility index (Phi) is 5.10. The number of methoxy groups -OCH3 is 1. The summed E-state index contributed by atoms with van der Waals surface area (Å²) in [7, 11) is 1.84. The molecule has 1 fully saturated rings. The normalized spacial score (nSPS) is 38.8. The van der Waals surface area contributed by atoms with Crippen molar-refractivity contribution >= 4 is 5.57 Å². The Morgan fingerprint density at radius 2 is 1.89 bits per heavy atom. The highest BCUT2D eigenvalue weighted by Gasteiger charge is 2.54.